The van der Waals surface area contributed by atoms with Crippen LogP contribution in [0.1, 0.15) is 24.4 Å². The van der Waals surface area contributed by atoms with Crippen molar-refractivity contribution in [2.24, 2.45) is 0 Å². The van der Waals surface area contributed by atoms with Gasteiger partial charge in [0, 0.05) is 30.9 Å². The molecular formula is C11H13BrN2O2. The van der Waals surface area contributed by atoms with Crippen LogP contribution in [0, 0.1) is 0 Å². The lowest BCUT2D eigenvalue weighted by molar-refractivity contribution is 0.172. The van der Waals surface area contributed by atoms with E-state index < -0.39 is 6.10 Å². The molecule has 0 aliphatic carbocycles. The fraction of sp³-hybridized carbons (Fsp3) is 0.364. The summed E-state index contributed by atoms with van der Waals surface area (Å²) < 4.78 is 7.68. The van der Waals surface area contributed by atoms with Gasteiger partial charge in [0.15, 0.2) is 4.67 Å². The molecule has 0 radical (unpaired) electrons. The van der Waals surface area contributed by atoms with E-state index >= 15 is 0 Å². The number of aromatic nitrogens is 2. The van der Waals surface area contributed by atoms with Gasteiger partial charge in [0.25, 0.3) is 0 Å². The third kappa shape index (κ3) is 2.20. The number of hydrogen-bond acceptors (Lipinski definition) is 3. The zero-order valence-electron chi connectivity index (χ0n) is 8.93. The molecule has 0 bridgehead atoms. The molecule has 16 heavy (non-hydrogen) atoms. The molecule has 0 amide bonds. The van der Waals surface area contributed by atoms with E-state index in [1.165, 1.54) is 0 Å². The number of hydrogen-bond donors (Lipinski definition) is 1. The van der Waals surface area contributed by atoms with Crippen LogP contribution in [0.4, 0.5) is 0 Å². The minimum absolute atomic E-state index is 0.485. The van der Waals surface area contributed by atoms with Crippen molar-refractivity contribution < 1.29 is 9.52 Å². The van der Waals surface area contributed by atoms with Crippen LogP contribution < -0.4 is 0 Å². The monoisotopic (exact) mass is 284 g/mol. The highest BCUT2D eigenvalue weighted by Gasteiger charge is 2.16. The van der Waals surface area contributed by atoms with E-state index in [1.807, 2.05) is 17.7 Å². The largest absolute Gasteiger partial charge is 0.457 e. The summed E-state index contributed by atoms with van der Waals surface area (Å²) in [6.45, 7) is 2.90. The first-order chi connectivity index (χ1) is 7.72. The molecule has 1 N–H and O–H groups in total. The number of imidazole rings is 1. The Morgan fingerprint density at radius 1 is 1.62 bits per heavy atom. The van der Waals surface area contributed by atoms with Crippen molar-refractivity contribution in [2.75, 3.05) is 0 Å². The zero-order valence-corrected chi connectivity index (χ0v) is 10.5. The molecule has 2 aromatic rings. The standard InChI is InChI=1S/C11H13BrN2O2/c1-2-14-5-4-13-10(14)7-9(15)8-3-6-16-11(8)12/h3-6,9,15H,2,7H2,1H3. The summed E-state index contributed by atoms with van der Waals surface area (Å²) in [5.74, 6) is 0.878. The highest BCUT2D eigenvalue weighted by atomic mass is 79.9. The summed E-state index contributed by atoms with van der Waals surface area (Å²) in [6.07, 6.45) is 5.09. The van der Waals surface area contributed by atoms with Crippen LogP contribution >= 0.6 is 15.9 Å². The van der Waals surface area contributed by atoms with E-state index in [2.05, 4.69) is 20.9 Å². The van der Waals surface area contributed by atoms with Crippen LogP contribution in [-0.2, 0) is 13.0 Å². The van der Waals surface area contributed by atoms with E-state index in [4.69, 9.17) is 4.42 Å². The van der Waals surface area contributed by atoms with Gasteiger partial charge in [-0.25, -0.2) is 4.98 Å². The fourth-order valence-electron chi connectivity index (χ4n) is 1.64. The lowest BCUT2D eigenvalue weighted by atomic mass is 10.1. The van der Waals surface area contributed by atoms with Crippen LogP contribution in [0.2, 0.25) is 0 Å². The first kappa shape index (κ1) is 11.4. The van der Waals surface area contributed by atoms with Crippen molar-refractivity contribution in [3.05, 3.63) is 40.8 Å². The molecule has 1 unspecified atom stereocenters. The van der Waals surface area contributed by atoms with Crippen molar-refractivity contribution in [3.63, 3.8) is 0 Å². The Kier molecular flexibility index (Phi) is 3.46. The first-order valence-electron chi connectivity index (χ1n) is 5.13. The molecule has 0 aromatic carbocycles. The first-order valence-corrected chi connectivity index (χ1v) is 5.92. The van der Waals surface area contributed by atoms with Crippen LogP contribution in [0.3, 0.4) is 0 Å². The number of furan rings is 1. The van der Waals surface area contributed by atoms with Gasteiger partial charge in [-0.1, -0.05) is 0 Å². The van der Waals surface area contributed by atoms with Gasteiger partial charge in [-0.3, -0.25) is 0 Å². The lowest BCUT2D eigenvalue weighted by Gasteiger charge is -2.10. The third-order valence-electron chi connectivity index (χ3n) is 2.52. The summed E-state index contributed by atoms with van der Waals surface area (Å²) in [7, 11) is 0. The molecule has 0 saturated carbocycles. The molecule has 2 rings (SSSR count). The number of aliphatic hydroxyl groups excluding tert-OH is 1. The predicted octanol–water partition coefficient (Wildman–Crippen LogP) is 2.53. The molecule has 0 aliphatic rings. The highest BCUT2D eigenvalue weighted by Crippen LogP contribution is 2.26. The molecule has 4 nitrogen and oxygen atoms in total. The number of aryl methyl sites for hydroxylation is 1. The summed E-state index contributed by atoms with van der Waals surface area (Å²) >= 11 is 3.25. The molecule has 0 saturated heterocycles. The zero-order chi connectivity index (χ0) is 11.5. The molecule has 0 spiro atoms. The predicted molar refractivity (Wildman–Crippen MR) is 63.0 cm³/mol. The van der Waals surface area contributed by atoms with Crippen LogP contribution in [0.5, 0.6) is 0 Å². The third-order valence-corrected chi connectivity index (χ3v) is 3.17. The topological polar surface area (TPSA) is 51.2 Å². The second-order valence-electron chi connectivity index (χ2n) is 3.50. The maximum Gasteiger partial charge on any atom is 0.174 e. The number of nitrogens with zero attached hydrogens (tertiary/aromatic N) is 2. The molecule has 5 heteroatoms. The summed E-state index contributed by atoms with van der Waals surface area (Å²) in [4.78, 5) is 4.22. The van der Waals surface area contributed by atoms with Gasteiger partial charge < -0.3 is 14.1 Å². The lowest BCUT2D eigenvalue weighted by Crippen LogP contribution is -2.07. The van der Waals surface area contributed by atoms with E-state index in [1.54, 1.807) is 18.5 Å². The second-order valence-corrected chi connectivity index (χ2v) is 4.22. The summed E-state index contributed by atoms with van der Waals surface area (Å²) in [5.41, 5.74) is 0.755. The normalized spacial score (nSPS) is 12.9. The second kappa shape index (κ2) is 4.84. The fourth-order valence-corrected chi connectivity index (χ4v) is 2.15. The Hall–Kier alpha value is -1.07. The smallest absolute Gasteiger partial charge is 0.174 e. The van der Waals surface area contributed by atoms with Gasteiger partial charge >= 0.3 is 0 Å². The van der Waals surface area contributed by atoms with E-state index in [9.17, 15) is 5.11 Å². The van der Waals surface area contributed by atoms with E-state index in [-0.39, 0.29) is 0 Å². The van der Waals surface area contributed by atoms with Gasteiger partial charge in [-0.15, -0.1) is 0 Å². The highest BCUT2D eigenvalue weighted by molar-refractivity contribution is 9.10. The summed E-state index contributed by atoms with van der Waals surface area (Å²) in [5, 5.41) is 10.0. The van der Waals surface area contributed by atoms with Gasteiger partial charge in [0.2, 0.25) is 0 Å². The average molecular weight is 285 g/mol. The SMILES string of the molecule is CCn1ccnc1CC(O)c1ccoc1Br. The van der Waals surface area contributed by atoms with Crippen LogP contribution in [0.15, 0.2) is 33.8 Å². The number of aliphatic hydroxyl groups is 1. The van der Waals surface area contributed by atoms with Gasteiger partial charge in [0.1, 0.15) is 5.82 Å². The quantitative estimate of drug-likeness (QED) is 0.939. The molecule has 0 fully saturated rings. The number of rotatable bonds is 4. The van der Waals surface area contributed by atoms with E-state index in [0.717, 1.165) is 17.9 Å². The maximum absolute atomic E-state index is 10.0. The van der Waals surface area contributed by atoms with Crippen molar-refractivity contribution >= 4 is 15.9 Å². The van der Waals surface area contributed by atoms with Crippen LogP contribution in [0.25, 0.3) is 0 Å². The van der Waals surface area contributed by atoms with E-state index in [0.29, 0.717) is 11.1 Å². The Morgan fingerprint density at radius 2 is 2.44 bits per heavy atom. The Morgan fingerprint density at radius 3 is 3.06 bits per heavy atom. The minimum Gasteiger partial charge on any atom is -0.457 e. The molecule has 2 aromatic heterocycles. The Balaban J connectivity index is 2.13. The summed E-state index contributed by atoms with van der Waals surface area (Å²) in [6, 6.07) is 1.76. The van der Waals surface area contributed by atoms with Gasteiger partial charge in [0.05, 0.1) is 12.4 Å². The minimum atomic E-state index is -0.596. The number of halogens is 1. The van der Waals surface area contributed by atoms with Crippen molar-refractivity contribution in [2.45, 2.75) is 26.0 Å². The van der Waals surface area contributed by atoms with Crippen LogP contribution in [-0.4, -0.2) is 14.7 Å². The molecule has 86 valence electrons. The Bertz CT molecular complexity index is 464. The molecule has 0 aliphatic heterocycles. The van der Waals surface area contributed by atoms with Gasteiger partial charge in [-0.2, -0.15) is 0 Å². The molecule has 1 atom stereocenters. The maximum atomic E-state index is 10.0. The van der Waals surface area contributed by atoms with Gasteiger partial charge in [-0.05, 0) is 28.9 Å². The molecular weight excluding hydrogens is 272 g/mol. The Labute approximate surface area is 102 Å². The average Bonchev–Trinajstić information content (AvgIpc) is 2.86. The van der Waals surface area contributed by atoms with Crippen molar-refractivity contribution in [3.8, 4) is 0 Å². The van der Waals surface area contributed by atoms with Crippen molar-refractivity contribution in [1.29, 1.82) is 0 Å². The molecule has 2 heterocycles. The van der Waals surface area contributed by atoms with Crippen molar-refractivity contribution in [1.82, 2.24) is 9.55 Å².